The van der Waals surface area contributed by atoms with E-state index in [1.807, 2.05) is 0 Å². The Labute approximate surface area is 107 Å². The van der Waals surface area contributed by atoms with Crippen LogP contribution in [-0.2, 0) is 0 Å². The van der Waals surface area contributed by atoms with Gasteiger partial charge in [-0.3, -0.25) is 4.79 Å². The molecule has 0 aliphatic carbocycles. The lowest BCUT2D eigenvalue weighted by molar-refractivity contribution is -0.138. The van der Waals surface area contributed by atoms with E-state index in [4.69, 9.17) is 5.73 Å². The monoisotopic (exact) mass is 271 g/mol. The lowest BCUT2D eigenvalue weighted by Crippen LogP contribution is -2.35. The SMILES string of the molecule is CN(CC(F)(F)F)C(=O)c1c[nH]c2cc(N)ccc12. The van der Waals surface area contributed by atoms with Gasteiger partial charge in [-0.1, -0.05) is 0 Å². The van der Waals surface area contributed by atoms with E-state index in [1.54, 1.807) is 18.2 Å². The number of nitrogens with two attached hydrogens (primary N) is 1. The largest absolute Gasteiger partial charge is 0.406 e. The number of carbonyl (C=O) groups is 1. The van der Waals surface area contributed by atoms with Crippen LogP contribution in [0.1, 0.15) is 10.4 Å². The normalized spacial score (nSPS) is 11.8. The van der Waals surface area contributed by atoms with Crippen molar-refractivity contribution in [3.8, 4) is 0 Å². The van der Waals surface area contributed by atoms with Crippen LogP contribution in [-0.4, -0.2) is 35.6 Å². The summed E-state index contributed by atoms with van der Waals surface area (Å²) >= 11 is 0. The molecule has 19 heavy (non-hydrogen) atoms. The molecule has 1 aromatic carbocycles. The van der Waals surface area contributed by atoms with E-state index < -0.39 is 18.6 Å². The van der Waals surface area contributed by atoms with Gasteiger partial charge in [0.2, 0.25) is 0 Å². The molecule has 0 bridgehead atoms. The first kappa shape index (κ1) is 13.3. The maximum atomic E-state index is 12.3. The molecule has 0 unspecified atom stereocenters. The van der Waals surface area contributed by atoms with E-state index in [2.05, 4.69) is 4.98 Å². The molecule has 7 heteroatoms. The number of aromatic nitrogens is 1. The number of halogens is 3. The van der Waals surface area contributed by atoms with Gasteiger partial charge in [0, 0.05) is 29.8 Å². The molecule has 2 rings (SSSR count). The minimum absolute atomic E-state index is 0.196. The second-order valence-electron chi connectivity index (χ2n) is 4.28. The topological polar surface area (TPSA) is 62.1 Å². The molecule has 0 spiro atoms. The Hall–Kier alpha value is -2.18. The minimum atomic E-state index is -4.42. The quantitative estimate of drug-likeness (QED) is 0.824. The number of H-pyrrole nitrogens is 1. The third-order valence-corrected chi connectivity index (χ3v) is 2.70. The molecule has 0 aliphatic rings. The lowest BCUT2D eigenvalue weighted by atomic mass is 10.1. The number of benzene rings is 1. The van der Waals surface area contributed by atoms with E-state index >= 15 is 0 Å². The number of nitrogens with one attached hydrogen (secondary N) is 1. The summed E-state index contributed by atoms with van der Waals surface area (Å²) in [6.07, 6.45) is -3.03. The fourth-order valence-electron chi connectivity index (χ4n) is 1.87. The number of aromatic amines is 1. The van der Waals surface area contributed by atoms with Crippen LogP contribution < -0.4 is 5.73 Å². The molecular weight excluding hydrogens is 259 g/mol. The van der Waals surface area contributed by atoms with Crippen LogP contribution in [0.5, 0.6) is 0 Å². The van der Waals surface area contributed by atoms with Gasteiger partial charge in [-0.05, 0) is 18.2 Å². The van der Waals surface area contributed by atoms with Crippen LogP contribution in [0.3, 0.4) is 0 Å². The molecule has 0 saturated carbocycles. The van der Waals surface area contributed by atoms with Crippen LogP contribution >= 0.6 is 0 Å². The van der Waals surface area contributed by atoms with Crippen molar-refractivity contribution in [1.29, 1.82) is 0 Å². The molecule has 2 aromatic rings. The number of fused-ring (bicyclic) bond motifs is 1. The first-order valence-electron chi connectivity index (χ1n) is 5.47. The number of carbonyl (C=O) groups excluding carboxylic acids is 1. The van der Waals surface area contributed by atoms with Crippen molar-refractivity contribution in [2.45, 2.75) is 6.18 Å². The van der Waals surface area contributed by atoms with Crippen molar-refractivity contribution < 1.29 is 18.0 Å². The first-order chi connectivity index (χ1) is 8.78. The lowest BCUT2D eigenvalue weighted by Gasteiger charge is -2.18. The zero-order valence-electron chi connectivity index (χ0n) is 10.1. The van der Waals surface area contributed by atoms with Gasteiger partial charge in [0.1, 0.15) is 6.54 Å². The first-order valence-corrected chi connectivity index (χ1v) is 5.47. The van der Waals surface area contributed by atoms with E-state index in [1.165, 1.54) is 6.20 Å². The molecule has 1 heterocycles. The smallest absolute Gasteiger partial charge is 0.399 e. The van der Waals surface area contributed by atoms with Gasteiger partial charge in [-0.2, -0.15) is 13.2 Å². The fourth-order valence-corrected chi connectivity index (χ4v) is 1.87. The van der Waals surface area contributed by atoms with Crippen molar-refractivity contribution in [2.24, 2.45) is 0 Å². The van der Waals surface area contributed by atoms with Crippen LogP contribution in [0.15, 0.2) is 24.4 Å². The van der Waals surface area contributed by atoms with Gasteiger partial charge in [0.05, 0.1) is 5.56 Å². The maximum Gasteiger partial charge on any atom is 0.406 e. The van der Waals surface area contributed by atoms with Crippen molar-refractivity contribution in [3.63, 3.8) is 0 Å². The maximum absolute atomic E-state index is 12.3. The van der Waals surface area contributed by atoms with Crippen molar-refractivity contribution in [2.75, 3.05) is 19.3 Å². The fraction of sp³-hybridized carbons (Fsp3) is 0.250. The number of hydrogen-bond acceptors (Lipinski definition) is 2. The molecule has 0 saturated heterocycles. The summed E-state index contributed by atoms with van der Waals surface area (Å²) in [4.78, 5) is 15.4. The Bertz CT molecular complexity index is 618. The highest BCUT2D eigenvalue weighted by Gasteiger charge is 2.32. The average Bonchev–Trinajstić information content (AvgIpc) is 2.68. The van der Waals surface area contributed by atoms with Gasteiger partial charge < -0.3 is 15.6 Å². The summed E-state index contributed by atoms with van der Waals surface area (Å²) in [6, 6.07) is 4.82. The van der Waals surface area contributed by atoms with Gasteiger partial charge in [-0.25, -0.2) is 0 Å². The Kier molecular flexibility index (Phi) is 3.13. The molecule has 0 radical (unpaired) electrons. The van der Waals surface area contributed by atoms with E-state index in [0.29, 0.717) is 21.5 Å². The van der Waals surface area contributed by atoms with Crippen molar-refractivity contribution in [1.82, 2.24) is 9.88 Å². The molecule has 0 fully saturated rings. The number of hydrogen-bond donors (Lipinski definition) is 2. The summed E-state index contributed by atoms with van der Waals surface area (Å²) in [5.74, 6) is -0.687. The number of nitrogens with zero attached hydrogens (tertiary/aromatic N) is 1. The number of alkyl halides is 3. The molecule has 3 N–H and O–H groups in total. The second kappa shape index (κ2) is 4.49. The Balaban J connectivity index is 2.32. The van der Waals surface area contributed by atoms with Crippen LogP contribution in [0.25, 0.3) is 10.9 Å². The van der Waals surface area contributed by atoms with Crippen molar-refractivity contribution >= 4 is 22.5 Å². The minimum Gasteiger partial charge on any atom is -0.399 e. The number of nitrogen functional groups attached to an aromatic ring is 1. The van der Waals surface area contributed by atoms with E-state index in [9.17, 15) is 18.0 Å². The van der Waals surface area contributed by atoms with Gasteiger partial charge in [0.15, 0.2) is 0 Å². The highest BCUT2D eigenvalue weighted by atomic mass is 19.4. The number of rotatable bonds is 2. The molecule has 0 atom stereocenters. The third-order valence-electron chi connectivity index (χ3n) is 2.70. The predicted octanol–water partition coefficient (Wildman–Crippen LogP) is 2.38. The summed E-state index contributed by atoms with van der Waals surface area (Å²) in [6.45, 7) is -1.28. The Morgan fingerprint density at radius 1 is 1.42 bits per heavy atom. The molecule has 4 nitrogen and oxygen atoms in total. The average molecular weight is 271 g/mol. The number of amides is 1. The molecule has 102 valence electrons. The van der Waals surface area contributed by atoms with Gasteiger partial charge >= 0.3 is 6.18 Å². The molecular formula is C12H12F3N3O. The van der Waals surface area contributed by atoms with E-state index in [-0.39, 0.29) is 5.56 Å². The van der Waals surface area contributed by atoms with Crippen LogP contribution in [0, 0.1) is 0 Å². The zero-order valence-corrected chi connectivity index (χ0v) is 10.1. The van der Waals surface area contributed by atoms with Crippen LogP contribution in [0.4, 0.5) is 18.9 Å². The molecule has 1 aromatic heterocycles. The molecule has 1 amide bonds. The summed E-state index contributed by atoms with van der Waals surface area (Å²) in [5, 5.41) is 0.549. The summed E-state index contributed by atoms with van der Waals surface area (Å²) in [7, 11) is 1.12. The van der Waals surface area contributed by atoms with Crippen molar-refractivity contribution in [3.05, 3.63) is 30.0 Å². The van der Waals surface area contributed by atoms with E-state index in [0.717, 1.165) is 7.05 Å². The number of anilines is 1. The second-order valence-corrected chi connectivity index (χ2v) is 4.28. The standard InChI is InChI=1S/C12H12F3N3O/c1-18(6-12(13,14)15)11(19)9-5-17-10-4-7(16)2-3-8(9)10/h2-5,17H,6,16H2,1H3. The Morgan fingerprint density at radius 2 is 2.11 bits per heavy atom. The summed E-state index contributed by atoms with van der Waals surface area (Å²) in [5.41, 5.74) is 6.91. The van der Waals surface area contributed by atoms with Crippen LogP contribution in [0.2, 0.25) is 0 Å². The summed E-state index contributed by atoms with van der Waals surface area (Å²) < 4.78 is 36.8. The van der Waals surface area contributed by atoms with Gasteiger partial charge in [-0.15, -0.1) is 0 Å². The Morgan fingerprint density at radius 3 is 2.74 bits per heavy atom. The van der Waals surface area contributed by atoms with Gasteiger partial charge in [0.25, 0.3) is 5.91 Å². The third kappa shape index (κ3) is 2.81. The zero-order chi connectivity index (χ0) is 14.2. The predicted molar refractivity (Wildman–Crippen MR) is 65.7 cm³/mol. The highest BCUT2D eigenvalue weighted by molar-refractivity contribution is 6.07. The molecule has 0 aliphatic heterocycles. The highest BCUT2D eigenvalue weighted by Crippen LogP contribution is 2.23.